The van der Waals surface area contributed by atoms with Gasteiger partial charge in [0.15, 0.2) is 11.5 Å². The number of rotatable bonds is 0. The zero-order valence-electron chi connectivity index (χ0n) is 12.1. The van der Waals surface area contributed by atoms with Gasteiger partial charge in [-0.3, -0.25) is 0 Å². The Kier molecular flexibility index (Phi) is 2.99. The standard InChI is InChI=1S/C17H16ClNO3/c1-19-7-13-11-4-9(18)2-3-16(11)22-17-12(14(13)8-19)5-10(20)6-15(17)21/h2-6,13-14,20-21H,7-8H2,1H3/t13-,14-/m0/s1. The van der Waals surface area contributed by atoms with Gasteiger partial charge >= 0.3 is 0 Å². The van der Waals surface area contributed by atoms with E-state index in [4.69, 9.17) is 16.3 Å². The molecule has 22 heavy (non-hydrogen) atoms. The number of halogens is 1. The monoisotopic (exact) mass is 317 g/mol. The van der Waals surface area contributed by atoms with Crippen LogP contribution in [0.5, 0.6) is 23.0 Å². The number of phenols is 2. The maximum absolute atomic E-state index is 10.2. The van der Waals surface area contributed by atoms with E-state index >= 15 is 0 Å². The van der Waals surface area contributed by atoms with Gasteiger partial charge in [-0.2, -0.15) is 0 Å². The summed E-state index contributed by atoms with van der Waals surface area (Å²) in [6.45, 7) is 1.73. The molecule has 2 heterocycles. The maximum atomic E-state index is 10.2. The van der Waals surface area contributed by atoms with Gasteiger partial charge in [0.2, 0.25) is 0 Å². The van der Waals surface area contributed by atoms with Gasteiger partial charge < -0.3 is 19.8 Å². The Morgan fingerprint density at radius 2 is 1.82 bits per heavy atom. The van der Waals surface area contributed by atoms with Crippen LogP contribution in [0.3, 0.4) is 0 Å². The van der Waals surface area contributed by atoms with Crippen molar-refractivity contribution in [2.75, 3.05) is 20.1 Å². The van der Waals surface area contributed by atoms with Crippen LogP contribution < -0.4 is 4.74 Å². The lowest BCUT2D eigenvalue weighted by Crippen LogP contribution is -2.14. The minimum absolute atomic E-state index is 0.0360. The first-order valence-electron chi connectivity index (χ1n) is 7.24. The molecule has 2 atom stereocenters. The summed E-state index contributed by atoms with van der Waals surface area (Å²) in [5, 5.41) is 20.7. The highest BCUT2D eigenvalue weighted by Crippen LogP contribution is 2.53. The summed E-state index contributed by atoms with van der Waals surface area (Å²) in [7, 11) is 2.07. The third-order valence-electron chi connectivity index (χ3n) is 4.57. The summed E-state index contributed by atoms with van der Waals surface area (Å²) < 4.78 is 5.98. The Morgan fingerprint density at radius 3 is 2.59 bits per heavy atom. The molecule has 0 amide bonds. The van der Waals surface area contributed by atoms with Crippen LogP contribution in [0.4, 0.5) is 0 Å². The van der Waals surface area contributed by atoms with Crippen molar-refractivity contribution in [1.29, 1.82) is 0 Å². The third kappa shape index (κ3) is 2.02. The molecule has 2 N–H and O–H groups in total. The van der Waals surface area contributed by atoms with Gasteiger partial charge in [-0.25, -0.2) is 0 Å². The van der Waals surface area contributed by atoms with Gasteiger partial charge in [0.05, 0.1) is 0 Å². The summed E-state index contributed by atoms with van der Waals surface area (Å²) in [5.41, 5.74) is 1.90. The maximum Gasteiger partial charge on any atom is 0.172 e. The number of likely N-dealkylation sites (N-methyl/N-ethyl adjacent to an activating group) is 1. The summed E-state index contributed by atoms with van der Waals surface area (Å²) in [5.74, 6) is 1.54. The molecule has 0 unspecified atom stereocenters. The molecular formula is C17H16ClNO3. The molecule has 2 aliphatic rings. The van der Waals surface area contributed by atoms with Crippen molar-refractivity contribution in [1.82, 2.24) is 4.90 Å². The molecule has 1 saturated heterocycles. The topological polar surface area (TPSA) is 52.9 Å². The number of ether oxygens (including phenoxy) is 1. The van der Waals surface area contributed by atoms with Crippen molar-refractivity contribution in [2.45, 2.75) is 11.8 Å². The van der Waals surface area contributed by atoms with E-state index in [2.05, 4.69) is 11.9 Å². The fourth-order valence-electron chi connectivity index (χ4n) is 3.65. The number of likely N-dealkylation sites (tertiary alicyclic amines) is 1. The highest BCUT2D eigenvalue weighted by Gasteiger charge is 2.39. The van der Waals surface area contributed by atoms with Gasteiger partial charge in [-0.1, -0.05) is 11.6 Å². The van der Waals surface area contributed by atoms with Gasteiger partial charge in [0.25, 0.3) is 0 Å². The zero-order valence-corrected chi connectivity index (χ0v) is 12.8. The molecule has 2 aromatic rings. The lowest BCUT2D eigenvalue weighted by atomic mass is 9.84. The number of hydrogen-bond donors (Lipinski definition) is 2. The first-order valence-corrected chi connectivity index (χ1v) is 7.62. The van der Waals surface area contributed by atoms with E-state index in [9.17, 15) is 10.2 Å². The van der Waals surface area contributed by atoms with Gasteiger partial charge in [-0.05, 0) is 31.3 Å². The Morgan fingerprint density at radius 1 is 1.09 bits per heavy atom. The van der Waals surface area contributed by atoms with Gasteiger partial charge in [0, 0.05) is 47.1 Å². The third-order valence-corrected chi connectivity index (χ3v) is 4.80. The lowest BCUT2D eigenvalue weighted by molar-refractivity contribution is 0.386. The first kappa shape index (κ1) is 13.7. The first-order chi connectivity index (χ1) is 10.5. The Hall–Kier alpha value is -1.91. The lowest BCUT2D eigenvalue weighted by Gasteiger charge is -2.17. The fourth-order valence-corrected chi connectivity index (χ4v) is 3.83. The number of fused-ring (bicyclic) bond motifs is 5. The number of nitrogens with zero attached hydrogens (tertiary/aromatic N) is 1. The van der Waals surface area contributed by atoms with Crippen LogP contribution in [0.15, 0.2) is 30.3 Å². The predicted molar refractivity (Wildman–Crippen MR) is 84.3 cm³/mol. The van der Waals surface area contributed by atoms with Crippen LogP contribution in [-0.2, 0) is 0 Å². The largest absolute Gasteiger partial charge is 0.508 e. The SMILES string of the molecule is CN1C[C@H]2c3cc(Cl)ccc3Oc3c(O)cc(O)cc3[C@@H]2C1. The van der Waals surface area contributed by atoms with Gasteiger partial charge in [0.1, 0.15) is 11.5 Å². The Balaban J connectivity index is 1.97. The molecule has 0 saturated carbocycles. The smallest absolute Gasteiger partial charge is 0.172 e. The normalized spacial score (nSPS) is 23.2. The van der Waals surface area contributed by atoms with Crippen LogP contribution in [0.25, 0.3) is 0 Å². The molecule has 4 nitrogen and oxygen atoms in total. The zero-order chi connectivity index (χ0) is 15.4. The molecule has 0 aliphatic carbocycles. The van der Waals surface area contributed by atoms with E-state index in [0.29, 0.717) is 10.8 Å². The summed E-state index contributed by atoms with van der Waals surface area (Å²) in [4.78, 5) is 2.25. The average molecular weight is 318 g/mol. The van der Waals surface area contributed by atoms with E-state index in [-0.39, 0.29) is 23.3 Å². The fraction of sp³-hybridized carbons (Fsp3) is 0.294. The van der Waals surface area contributed by atoms with Crippen LogP contribution in [0.1, 0.15) is 23.0 Å². The number of phenolic OH excluding ortho intramolecular Hbond substituents is 2. The summed E-state index contributed by atoms with van der Waals surface area (Å²) >= 11 is 6.17. The number of aromatic hydroxyl groups is 2. The van der Waals surface area contributed by atoms with Crippen LogP contribution in [-0.4, -0.2) is 35.3 Å². The van der Waals surface area contributed by atoms with Crippen molar-refractivity contribution in [3.8, 4) is 23.0 Å². The molecule has 114 valence electrons. The molecule has 0 radical (unpaired) electrons. The number of benzene rings is 2. The quantitative estimate of drug-likeness (QED) is 0.778. The van der Waals surface area contributed by atoms with E-state index < -0.39 is 0 Å². The second-order valence-corrected chi connectivity index (χ2v) is 6.54. The second kappa shape index (κ2) is 4.80. The van der Waals surface area contributed by atoms with E-state index in [1.54, 1.807) is 12.1 Å². The van der Waals surface area contributed by atoms with Crippen molar-refractivity contribution in [3.63, 3.8) is 0 Å². The van der Waals surface area contributed by atoms with E-state index in [0.717, 1.165) is 30.0 Å². The van der Waals surface area contributed by atoms with Crippen LogP contribution in [0, 0.1) is 0 Å². The van der Waals surface area contributed by atoms with E-state index in [1.165, 1.54) is 6.07 Å². The van der Waals surface area contributed by atoms with Crippen LogP contribution >= 0.6 is 11.6 Å². The van der Waals surface area contributed by atoms with Gasteiger partial charge in [-0.15, -0.1) is 0 Å². The van der Waals surface area contributed by atoms with Crippen LogP contribution in [0.2, 0.25) is 5.02 Å². The molecule has 2 aliphatic heterocycles. The Bertz CT molecular complexity index is 762. The number of hydrogen-bond acceptors (Lipinski definition) is 4. The van der Waals surface area contributed by atoms with Crippen molar-refractivity contribution in [3.05, 3.63) is 46.5 Å². The van der Waals surface area contributed by atoms with Crippen molar-refractivity contribution < 1.29 is 14.9 Å². The van der Waals surface area contributed by atoms with Crippen molar-refractivity contribution >= 4 is 11.6 Å². The molecule has 5 heteroatoms. The molecule has 4 rings (SSSR count). The van der Waals surface area contributed by atoms with E-state index in [1.807, 2.05) is 12.1 Å². The molecule has 2 aromatic carbocycles. The molecule has 0 bridgehead atoms. The minimum Gasteiger partial charge on any atom is -0.508 e. The minimum atomic E-state index is -0.0360. The predicted octanol–water partition coefficient (Wildman–Crippen LogP) is 3.67. The highest BCUT2D eigenvalue weighted by atomic mass is 35.5. The molecule has 0 aromatic heterocycles. The average Bonchev–Trinajstić information content (AvgIpc) is 2.79. The van der Waals surface area contributed by atoms with Crippen molar-refractivity contribution in [2.24, 2.45) is 0 Å². The highest BCUT2D eigenvalue weighted by molar-refractivity contribution is 6.30. The molecular weight excluding hydrogens is 302 g/mol. The Labute approximate surface area is 133 Å². The molecule has 0 spiro atoms. The summed E-state index contributed by atoms with van der Waals surface area (Å²) in [6.07, 6.45) is 0. The summed E-state index contributed by atoms with van der Waals surface area (Å²) in [6, 6.07) is 8.58. The second-order valence-electron chi connectivity index (χ2n) is 6.10. The molecule has 1 fully saturated rings.